The Hall–Kier alpha value is -2.36. The number of hydrogen-bond donors (Lipinski definition) is 2. The normalized spacial score (nSPS) is 20.2. The van der Waals surface area contributed by atoms with E-state index in [1.165, 1.54) is 12.4 Å². The summed E-state index contributed by atoms with van der Waals surface area (Å²) in [6.07, 6.45) is -0.901. The van der Waals surface area contributed by atoms with Crippen molar-refractivity contribution in [3.05, 3.63) is 29.4 Å². The molecular formula is C15H15F3N4O2S. The Kier molecular flexibility index (Phi) is 4.55. The highest BCUT2D eigenvalue weighted by molar-refractivity contribution is 7.18. The van der Waals surface area contributed by atoms with Gasteiger partial charge in [-0.25, -0.2) is 14.8 Å². The molecule has 2 N–H and O–H groups in total. The van der Waals surface area contributed by atoms with Crippen LogP contribution in [0.5, 0.6) is 0 Å². The lowest BCUT2D eigenvalue weighted by molar-refractivity contribution is -0.126. The van der Waals surface area contributed by atoms with Crippen molar-refractivity contribution in [1.82, 2.24) is 15.3 Å². The van der Waals surface area contributed by atoms with Crippen LogP contribution < -0.4 is 10.2 Å². The van der Waals surface area contributed by atoms with Gasteiger partial charge in [0.25, 0.3) is 0 Å². The first-order chi connectivity index (χ1) is 11.7. The van der Waals surface area contributed by atoms with E-state index in [-0.39, 0.29) is 17.0 Å². The van der Waals surface area contributed by atoms with Crippen LogP contribution in [-0.4, -0.2) is 46.5 Å². The number of aromatic nitrogens is 2. The minimum atomic E-state index is -4.27. The summed E-state index contributed by atoms with van der Waals surface area (Å²) >= 11 is 1.00. The lowest BCUT2D eigenvalue weighted by Crippen LogP contribution is -2.36. The molecule has 6 nitrogen and oxygen atoms in total. The van der Waals surface area contributed by atoms with Crippen LogP contribution in [0.4, 0.5) is 23.8 Å². The molecule has 0 saturated heterocycles. The highest BCUT2D eigenvalue weighted by atomic mass is 32.1. The zero-order valence-corrected chi connectivity index (χ0v) is 13.9. The van der Waals surface area contributed by atoms with Crippen molar-refractivity contribution in [3.8, 4) is 0 Å². The molecule has 0 aliphatic heterocycles. The first-order valence-corrected chi connectivity index (χ1v) is 8.25. The first kappa shape index (κ1) is 17.5. The Morgan fingerprint density at radius 3 is 2.88 bits per heavy atom. The maximum absolute atomic E-state index is 12.6. The van der Waals surface area contributed by atoms with Gasteiger partial charge in [-0.05, 0) is 12.5 Å². The lowest BCUT2D eigenvalue weighted by Gasteiger charge is -2.25. The van der Waals surface area contributed by atoms with E-state index in [2.05, 4.69) is 15.3 Å². The molecule has 0 saturated carbocycles. The van der Waals surface area contributed by atoms with Crippen LogP contribution >= 0.6 is 11.3 Å². The third kappa shape index (κ3) is 4.01. The number of amides is 1. The Morgan fingerprint density at radius 2 is 2.20 bits per heavy atom. The Balaban J connectivity index is 1.83. The molecule has 1 aliphatic rings. The molecule has 0 radical (unpaired) electrons. The minimum Gasteiger partial charge on any atom is -0.465 e. The van der Waals surface area contributed by atoms with E-state index in [0.29, 0.717) is 22.5 Å². The fourth-order valence-corrected chi connectivity index (χ4v) is 3.87. The quantitative estimate of drug-likeness (QED) is 0.806. The van der Waals surface area contributed by atoms with Crippen LogP contribution in [0.1, 0.15) is 11.3 Å². The second kappa shape index (κ2) is 6.51. The van der Waals surface area contributed by atoms with Gasteiger partial charge in [-0.2, -0.15) is 13.2 Å². The van der Waals surface area contributed by atoms with Gasteiger partial charge >= 0.3 is 12.3 Å². The Morgan fingerprint density at radius 1 is 1.44 bits per heavy atom. The van der Waals surface area contributed by atoms with Gasteiger partial charge in [0.2, 0.25) is 0 Å². The smallest absolute Gasteiger partial charge is 0.405 e. The van der Waals surface area contributed by atoms with Gasteiger partial charge in [-0.3, -0.25) is 0 Å². The van der Waals surface area contributed by atoms with E-state index in [4.69, 9.17) is 5.11 Å². The Labute approximate surface area is 145 Å². The third-order valence-electron chi connectivity index (χ3n) is 3.94. The van der Waals surface area contributed by atoms with Crippen molar-refractivity contribution in [2.75, 3.05) is 11.9 Å². The van der Waals surface area contributed by atoms with Crippen LogP contribution in [0, 0.1) is 0 Å². The molecule has 2 aromatic heterocycles. The number of carboxylic acid groups (broad SMARTS) is 1. The minimum absolute atomic E-state index is 0.110. The predicted octanol–water partition coefficient (Wildman–Crippen LogP) is 3.20. The van der Waals surface area contributed by atoms with Crippen LogP contribution in [0.25, 0.3) is 10.2 Å². The summed E-state index contributed by atoms with van der Waals surface area (Å²) in [6, 6.07) is 1.07. The van der Waals surface area contributed by atoms with E-state index in [9.17, 15) is 18.0 Å². The second-order valence-corrected chi connectivity index (χ2v) is 6.89. The number of rotatable bonds is 4. The highest BCUT2D eigenvalue weighted by Gasteiger charge is 2.30. The number of alkyl halides is 3. The predicted molar refractivity (Wildman–Crippen MR) is 88.1 cm³/mol. The van der Waals surface area contributed by atoms with Gasteiger partial charge in [-0.1, -0.05) is 12.2 Å². The molecule has 25 heavy (non-hydrogen) atoms. The third-order valence-corrected chi connectivity index (χ3v) is 4.98. The van der Waals surface area contributed by atoms with Gasteiger partial charge in [0.1, 0.15) is 17.0 Å². The topological polar surface area (TPSA) is 78.4 Å². The highest BCUT2D eigenvalue weighted by Crippen LogP contribution is 2.34. The van der Waals surface area contributed by atoms with Crippen molar-refractivity contribution in [3.63, 3.8) is 0 Å². The molecule has 0 aromatic carbocycles. The summed E-state index contributed by atoms with van der Waals surface area (Å²) in [5.41, 5.74) is 0. The summed E-state index contributed by atoms with van der Waals surface area (Å²) in [4.78, 5) is 21.5. The molecule has 0 spiro atoms. The number of thiophene rings is 1. The number of nitrogens with zero attached hydrogens (tertiary/aromatic N) is 3. The molecule has 134 valence electrons. The van der Waals surface area contributed by atoms with E-state index in [1.807, 2.05) is 11.0 Å². The van der Waals surface area contributed by atoms with Crippen LogP contribution in [0.15, 0.2) is 24.5 Å². The zero-order valence-electron chi connectivity index (χ0n) is 13.1. The lowest BCUT2D eigenvalue weighted by atomic mass is 10.2. The van der Waals surface area contributed by atoms with Gasteiger partial charge in [0.15, 0.2) is 0 Å². The number of nitrogens with one attached hydrogen (secondary N) is 1. The van der Waals surface area contributed by atoms with Crippen molar-refractivity contribution in [1.29, 1.82) is 0 Å². The molecule has 0 fully saturated rings. The average Bonchev–Trinajstić information content (AvgIpc) is 3.09. The molecule has 0 unspecified atom stereocenters. The summed E-state index contributed by atoms with van der Waals surface area (Å²) in [5.74, 6) is 0.528. The molecule has 0 bridgehead atoms. The number of carbonyl (C=O) groups is 1. The number of halogens is 3. The van der Waals surface area contributed by atoms with Gasteiger partial charge < -0.3 is 15.3 Å². The van der Waals surface area contributed by atoms with E-state index < -0.39 is 18.7 Å². The van der Waals surface area contributed by atoms with Crippen LogP contribution in [0.2, 0.25) is 0 Å². The monoisotopic (exact) mass is 372 g/mol. The molecule has 3 rings (SSSR count). The largest absolute Gasteiger partial charge is 0.465 e. The van der Waals surface area contributed by atoms with Gasteiger partial charge in [0.05, 0.1) is 23.9 Å². The standard InChI is InChI=1S/C15H15F3N4O2S/c1-22(9-3-2-8(4-9)21-14(23)24)12-11-5-10(6-15(16,17)18)25-13(11)20-7-19-12/h2-3,5,7-9,21H,4,6H2,1H3,(H,23,24)/t8-,9+/m0/s1. The number of anilines is 1. The van der Waals surface area contributed by atoms with Gasteiger partial charge in [0, 0.05) is 11.9 Å². The summed E-state index contributed by atoms with van der Waals surface area (Å²) in [5, 5.41) is 11.7. The summed E-state index contributed by atoms with van der Waals surface area (Å²) < 4.78 is 37.9. The molecule has 2 atom stereocenters. The van der Waals surface area contributed by atoms with Crippen molar-refractivity contribution >= 4 is 33.5 Å². The molecule has 2 aromatic rings. The number of fused-ring (bicyclic) bond motifs is 1. The molecule has 10 heteroatoms. The van der Waals surface area contributed by atoms with Gasteiger partial charge in [-0.15, -0.1) is 11.3 Å². The molecule has 1 amide bonds. The molecular weight excluding hydrogens is 357 g/mol. The molecule has 1 aliphatic carbocycles. The van der Waals surface area contributed by atoms with Crippen LogP contribution in [0.3, 0.4) is 0 Å². The molecule has 2 heterocycles. The second-order valence-electron chi connectivity index (χ2n) is 5.78. The van der Waals surface area contributed by atoms with Crippen molar-refractivity contribution in [2.45, 2.75) is 31.1 Å². The van der Waals surface area contributed by atoms with E-state index in [0.717, 1.165) is 11.3 Å². The van der Waals surface area contributed by atoms with E-state index >= 15 is 0 Å². The maximum atomic E-state index is 12.6. The van der Waals surface area contributed by atoms with Crippen molar-refractivity contribution in [2.24, 2.45) is 0 Å². The fraction of sp³-hybridized carbons (Fsp3) is 0.400. The summed E-state index contributed by atoms with van der Waals surface area (Å²) in [6.45, 7) is 0. The zero-order chi connectivity index (χ0) is 18.2. The van der Waals surface area contributed by atoms with E-state index in [1.54, 1.807) is 13.1 Å². The number of likely N-dealkylation sites (N-methyl/N-ethyl adjacent to an activating group) is 1. The number of hydrogen-bond acceptors (Lipinski definition) is 5. The van der Waals surface area contributed by atoms with Crippen LogP contribution in [-0.2, 0) is 6.42 Å². The maximum Gasteiger partial charge on any atom is 0.405 e. The van der Waals surface area contributed by atoms with Crippen molar-refractivity contribution < 1.29 is 23.1 Å². The fourth-order valence-electron chi connectivity index (χ4n) is 2.85. The first-order valence-electron chi connectivity index (χ1n) is 7.44. The summed E-state index contributed by atoms with van der Waals surface area (Å²) in [7, 11) is 1.78. The SMILES string of the molecule is CN(c1ncnc2sc(CC(F)(F)F)cc12)[C@@H]1C=C[C@H](NC(=O)O)C1. The Bertz CT molecular complexity index is 821. The average molecular weight is 372 g/mol.